The molecule has 0 spiro atoms. The van der Waals surface area contributed by atoms with Crippen LogP contribution in [0.3, 0.4) is 0 Å². The van der Waals surface area contributed by atoms with E-state index < -0.39 is 11.9 Å². The van der Waals surface area contributed by atoms with Gasteiger partial charge in [-0.1, -0.05) is 30.3 Å². The second-order valence-corrected chi connectivity index (χ2v) is 4.53. The van der Waals surface area contributed by atoms with Gasteiger partial charge in [0.2, 0.25) is 0 Å². The number of likely N-dealkylation sites (tertiary alicyclic amines) is 1. The smallest absolute Gasteiger partial charge is 0.316 e. The Labute approximate surface area is 107 Å². The van der Waals surface area contributed by atoms with Gasteiger partial charge in [-0.2, -0.15) is 0 Å². The lowest BCUT2D eigenvalue weighted by Gasteiger charge is -2.29. The van der Waals surface area contributed by atoms with Gasteiger partial charge in [-0.15, -0.1) is 0 Å². The first-order chi connectivity index (χ1) is 8.70. The highest BCUT2D eigenvalue weighted by molar-refractivity contribution is 6.00. The molecule has 0 N–H and O–H groups in total. The molecule has 1 heterocycles. The Morgan fingerprint density at radius 2 is 2.11 bits per heavy atom. The Bertz CT molecular complexity index is 430. The minimum atomic E-state index is -0.568. The number of methoxy groups -OCH3 is 1. The van der Waals surface area contributed by atoms with E-state index in [0.717, 1.165) is 13.1 Å². The highest BCUT2D eigenvalue weighted by atomic mass is 16.5. The lowest BCUT2D eigenvalue weighted by Crippen LogP contribution is -2.43. The number of benzene rings is 1. The number of hydrogen-bond donors (Lipinski definition) is 0. The molecule has 1 atom stereocenters. The lowest BCUT2D eigenvalue weighted by atomic mass is 9.95. The summed E-state index contributed by atoms with van der Waals surface area (Å²) in [6.45, 7) is 1.83. The molecule has 0 saturated carbocycles. The predicted octanol–water partition coefficient (Wildman–Crippen LogP) is 1.25. The van der Waals surface area contributed by atoms with Crippen LogP contribution in [0.5, 0.6) is 0 Å². The SMILES string of the molecule is COC(=O)[C@@H]1CCN(Cc2ccccc2)CC1=O. The minimum Gasteiger partial charge on any atom is -0.468 e. The monoisotopic (exact) mass is 247 g/mol. The molecule has 1 saturated heterocycles. The van der Waals surface area contributed by atoms with Crippen molar-refractivity contribution in [2.75, 3.05) is 20.2 Å². The third-order valence-electron chi connectivity index (χ3n) is 3.24. The van der Waals surface area contributed by atoms with E-state index in [2.05, 4.69) is 9.64 Å². The average Bonchev–Trinajstić information content (AvgIpc) is 2.39. The van der Waals surface area contributed by atoms with E-state index in [1.807, 2.05) is 30.3 Å². The number of nitrogens with zero attached hydrogens (tertiary/aromatic N) is 1. The number of esters is 1. The molecule has 0 bridgehead atoms. The van der Waals surface area contributed by atoms with Crippen molar-refractivity contribution < 1.29 is 14.3 Å². The summed E-state index contributed by atoms with van der Waals surface area (Å²) in [6.07, 6.45) is 0.554. The molecule has 1 aromatic rings. The largest absolute Gasteiger partial charge is 0.468 e. The molecule has 0 aromatic heterocycles. The third-order valence-corrected chi connectivity index (χ3v) is 3.24. The van der Waals surface area contributed by atoms with Crippen LogP contribution in [0, 0.1) is 5.92 Å². The number of ether oxygens (including phenoxy) is 1. The summed E-state index contributed by atoms with van der Waals surface area (Å²) < 4.78 is 4.64. The number of Topliss-reactive ketones (excluding diaryl/α,β-unsaturated/α-hetero) is 1. The quantitative estimate of drug-likeness (QED) is 0.596. The van der Waals surface area contributed by atoms with Crippen molar-refractivity contribution in [2.24, 2.45) is 5.92 Å². The molecule has 18 heavy (non-hydrogen) atoms. The van der Waals surface area contributed by atoms with E-state index in [9.17, 15) is 9.59 Å². The highest BCUT2D eigenvalue weighted by Gasteiger charge is 2.32. The third kappa shape index (κ3) is 2.96. The van der Waals surface area contributed by atoms with Crippen molar-refractivity contribution in [2.45, 2.75) is 13.0 Å². The fraction of sp³-hybridized carbons (Fsp3) is 0.429. The normalized spacial score (nSPS) is 20.7. The van der Waals surface area contributed by atoms with Crippen LogP contribution in [-0.4, -0.2) is 36.9 Å². The van der Waals surface area contributed by atoms with Crippen LogP contribution < -0.4 is 0 Å². The molecule has 0 aliphatic carbocycles. The summed E-state index contributed by atoms with van der Waals surface area (Å²) in [7, 11) is 1.33. The standard InChI is InChI=1S/C14H17NO3/c1-18-14(17)12-7-8-15(10-13(12)16)9-11-5-3-2-4-6-11/h2-6,12H,7-10H2,1H3/t12-/m1/s1. The molecule has 1 fully saturated rings. The van der Waals surface area contributed by atoms with Gasteiger partial charge in [0.25, 0.3) is 0 Å². The minimum absolute atomic E-state index is 0.0379. The van der Waals surface area contributed by atoms with Gasteiger partial charge in [-0.3, -0.25) is 14.5 Å². The van der Waals surface area contributed by atoms with Crippen LogP contribution in [0.2, 0.25) is 0 Å². The zero-order valence-electron chi connectivity index (χ0n) is 10.5. The molecule has 1 aromatic carbocycles. The van der Waals surface area contributed by atoms with Crippen molar-refractivity contribution >= 4 is 11.8 Å². The summed E-state index contributed by atoms with van der Waals surface area (Å²) in [5.41, 5.74) is 1.18. The fourth-order valence-corrected chi connectivity index (χ4v) is 2.25. The molecule has 2 rings (SSSR count). The van der Waals surface area contributed by atoms with Gasteiger partial charge in [-0.05, 0) is 12.0 Å². The van der Waals surface area contributed by atoms with Gasteiger partial charge in [0.1, 0.15) is 5.92 Å². The molecule has 0 unspecified atom stereocenters. The van der Waals surface area contributed by atoms with E-state index in [0.29, 0.717) is 13.0 Å². The Kier molecular flexibility index (Phi) is 4.10. The zero-order valence-corrected chi connectivity index (χ0v) is 10.5. The molecular weight excluding hydrogens is 230 g/mol. The first kappa shape index (κ1) is 12.8. The second-order valence-electron chi connectivity index (χ2n) is 4.53. The van der Waals surface area contributed by atoms with Crippen LogP contribution >= 0.6 is 0 Å². The van der Waals surface area contributed by atoms with Crippen molar-refractivity contribution in [3.8, 4) is 0 Å². The highest BCUT2D eigenvalue weighted by Crippen LogP contribution is 2.17. The number of carbonyl (C=O) groups is 2. The number of ketones is 1. The van der Waals surface area contributed by atoms with Gasteiger partial charge in [0.05, 0.1) is 13.7 Å². The van der Waals surface area contributed by atoms with Gasteiger partial charge in [0.15, 0.2) is 5.78 Å². The zero-order chi connectivity index (χ0) is 13.0. The number of piperidine rings is 1. The van der Waals surface area contributed by atoms with E-state index in [1.54, 1.807) is 0 Å². The summed E-state index contributed by atoms with van der Waals surface area (Å²) >= 11 is 0. The van der Waals surface area contributed by atoms with Crippen molar-refractivity contribution in [1.82, 2.24) is 4.90 Å². The maximum atomic E-state index is 11.9. The number of carbonyl (C=O) groups excluding carboxylic acids is 2. The maximum absolute atomic E-state index is 11.9. The first-order valence-corrected chi connectivity index (χ1v) is 6.07. The van der Waals surface area contributed by atoms with Crippen LogP contribution in [-0.2, 0) is 20.9 Å². The van der Waals surface area contributed by atoms with E-state index in [1.165, 1.54) is 12.7 Å². The van der Waals surface area contributed by atoms with Crippen molar-refractivity contribution in [3.05, 3.63) is 35.9 Å². The van der Waals surface area contributed by atoms with Gasteiger partial charge in [-0.25, -0.2) is 0 Å². The van der Waals surface area contributed by atoms with Gasteiger partial charge >= 0.3 is 5.97 Å². The first-order valence-electron chi connectivity index (χ1n) is 6.07. The summed E-state index contributed by atoms with van der Waals surface area (Å²) in [6, 6.07) is 10.0. The second kappa shape index (κ2) is 5.78. The Morgan fingerprint density at radius 1 is 1.39 bits per heavy atom. The molecule has 1 aliphatic rings. The van der Waals surface area contributed by atoms with E-state index in [4.69, 9.17) is 0 Å². The summed E-state index contributed by atoms with van der Waals surface area (Å²) in [4.78, 5) is 25.3. The fourth-order valence-electron chi connectivity index (χ4n) is 2.25. The Balaban J connectivity index is 1.93. The Hall–Kier alpha value is -1.68. The average molecular weight is 247 g/mol. The predicted molar refractivity (Wildman–Crippen MR) is 66.8 cm³/mol. The van der Waals surface area contributed by atoms with Gasteiger partial charge < -0.3 is 4.74 Å². The molecule has 0 amide bonds. The van der Waals surface area contributed by atoms with Crippen molar-refractivity contribution in [1.29, 1.82) is 0 Å². The summed E-state index contributed by atoms with van der Waals surface area (Å²) in [5.74, 6) is -1.01. The summed E-state index contributed by atoms with van der Waals surface area (Å²) in [5, 5.41) is 0. The van der Waals surface area contributed by atoms with Crippen molar-refractivity contribution in [3.63, 3.8) is 0 Å². The van der Waals surface area contributed by atoms with Crippen LogP contribution in [0.1, 0.15) is 12.0 Å². The molecule has 0 radical (unpaired) electrons. The van der Waals surface area contributed by atoms with Crippen LogP contribution in [0.4, 0.5) is 0 Å². The molecule has 4 nitrogen and oxygen atoms in total. The molecular formula is C14H17NO3. The van der Waals surface area contributed by atoms with E-state index >= 15 is 0 Å². The lowest BCUT2D eigenvalue weighted by molar-refractivity contribution is -0.151. The van der Waals surface area contributed by atoms with E-state index in [-0.39, 0.29) is 5.78 Å². The van der Waals surface area contributed by atoms with Crippen LogP contribution in [0.25, 0.3) is 0 Å². The van der Waals surface area contributed by atoms with Crippen LogP contribution in [0.15, 0.2) is 30.3 Å². The topological polar surface area (TPSA) is 46.6 Å². The molecule has 4 heteroatoms. The number of rotatable bonds is 3. The number of hydrogen-bond acceptors (Lipinski definition) is 4. The maximum Gasteiger partial charge on any atom is 0.316 e. The molecule has 1 aliphatic heterocycles. The molecule has 96 valence electrons. The van der Waals surface area contributed by atoms with Gasteiger partial charge in [0, 0.05) is 13.1 Å². The Morgan fingerprint density at radius 3 is 2.72 bits per heavy atom.